The van der Waals surface area contributed by atoms with Crippen molar-refractivity contribution in [2.75, 3.05) is 46.5 Å². The van der Waals surface area contributed by atoms with Crippen LogP contribution in [-0.2, 0) is 17.8 Å². The Kier molecular flexibility index (Phi) is 11.8. The summed E-state index contributed by atoms with van der Waals surface area (Å²) in [4.78, 5) is 7.17. The number of nitrogens with zero attached hydrogens (tertiary/aromatic N) is 2. The molecule has 0 bridgehead atoms. The quantitative estimate of drug-likeness (QED) is 0.252. The van der Waals surface area contributed by atoms with Gasteiger partial charge in [0.15, 0.2) is 5.96 Å². The highest BCUT2D eigenvalue weighted by atomic mass is 127. The third-order valence-electron chi connectivity index (χ3n) is 5.31. The van der Waals surface area contributed by atoms with E-state index in [4.69, 9.17) is 14.5 Å². The maximum absolute atomic E-state index is 10.6. The number of guanidine groups is 1. The molecular formula is C24H35IN4O3. The van der Waals surface area contributed by atoms with Gasteiger partial charge in [0, 0.05) is 32.7 Å². The van der Waals surface area contributed by atoms with Crippen LogP contribution in [0.2, 0.25) is 0 Å². The largest absolute Gasteiger partial charge is 0.497 e. The lowest BCUT2D eigenvalue weighted by Gasteiger charge is -2.27. The van der Waals surface area contributed by atoms with Gasteiger partial charge in [0.05, 0.1) is 33.0 Å². The molecule has 176 valence electrons. The van der Waals surface area contributed by atoms with Gasteiger partial charge in [-0.2, -0.15) is 0 Å². The lowest BCUT2D eigenvalue weighted by Crippen LogP contribution is -2.39. The Morgan fingerprint density at radius 3 is 2.59 bits per heavy atom. The van der Waals surface area contributed by atoms with Gasteiger partial charge in [-0.25, -0.2) is 4.99 Å². The molecular weight excluding hydrogens is 519 g/mol. The lowest BCUT2D eigenvalue weighted by molar-refractivity contribution is 0.0341. The van der Waals surface area contributed by atoms with Crippen molar-refractivity contribution < 1.29 is 14.6 Å². The highest BCUT2D eigenvalue weighted by Crippen LogP contribution is 2.18. The van der Waals surface area contributed by atoms with Crippen molar-refractivity contribution in [3.05, 3.63) is 65.2 Å². The second-order valence-electron chi connectivity index (χ2n) is 7.53. The van der Waals surface area contributed by atoms with Crippen molar-refractivity contribution in [3.8, 4) is 5.75 Å². The number of hydrogen-bond acceptors (Lipinski definition) is 5. The standard InChI is InChI=1S/C24H34N4O3.HI/c1-3-25-24(27-17-23(29)19-9-6-10-22(15-19)30-2)26-16-20-7-4-5-8-21(20)18-28-11-13-31-14-12-28;/h4-10,15,23,29H,3,11-14,16-18H2,1-2H3,(H2,25,26,27);1H. The van der Waals surface area contributed by atoms with Gasteiger partial charge in [0.2, 0.25) is 0 Å². The molecule has 1 aliphatic rings. The van der Waals surface area contributed by atoms with Crippen LogP contribution in [-0.4, -0.2) is 62.5 Å². The van der Waals surface area contributed by atoms with Crippen molar-refractivity contribution in [3.63, 3.8) is 0 Å². The third kappa shape index (κ3) is 8.23. The molecule has 32 heavy (non-hydrogen) atoms. The molecule has 0 saturated carbocycles. The normalized spacial score (nSPS) is 15.5. The molecule has 3 N–H and O–H groups in total. The van der Waals surface area contributed by atoms with E-state index in [9.17, 15) is 5.11 Å². The molecule has 0 aromatic heterocycles. The first-order valence-corrected chi connectivity index (χ1v) is 10.9. The number of rotatable bonds is 9. The summed E-state index contributed by atoms with van der Waals surface area (Å²) in [6.07, 6.45) is -0.660. The highest BCUT2D eigenvalue weighted by Gasteiger charge is 2.13. The van der Waals surface area contributed by atoms with E-state index in [0.717, 1.165) is 50.7 Å². The van der Waals surface area contributed by atoms with Crippen LogP contribution >= 0.6 is 24.0 Å². The molecule has 1 saturated heterocycles. The van der Waals surface area contributed by atoms with Crippen LogP contribution in [0.15, 0.2) is 53.5 Å². The predicted octanol–water partition coefficient (Wildman–Crippen LogP) is 2.93. The molecule has 1 heterocycles. The Morgan fingerprint density at radius 2 is 1.88 bits per heavy atom. The smallest absolute Gasteiger partial charge is 0.191 e. The third-order valence-corrected chi connectivity index (χ3v) is 5.31. The van der Waals surface area contributed by atoms with Crippen LogP contribution in [0.3, 0.4) is 0 Å². The molecule has 2 aromatic carbocycles. The average Bonchev–Trinajstić information content (AvgIpc) is 2.82. The minimum absolute atomic E-state index is 0. The average molecular weight is 554 g/mol. The number of hydrogen-bond donors (Lipinski definition) is 3. The van der Waals surface area contributed by atoms with Crippen LogP contribution in [0.25, 0.3) is 0 Å². The van der Waals surface area contributed by atoms with Gasteiger partial charge in [-0.05, 0) is 35.7 Å². The molecule has 0 spiro atoms. The number of aliphatic imine (C=N–C) groups is 1. The molecule has 2 aromatic rings. The minimum atomic E-state index is -0.660. The Hall–Kier alpha value is -1.88. The number of methoxy groups -OCH3 is 1. The lowest BCUT2D eigenvalue weighted by atomic mass is 10.1. The van der Waals surface area contributed by atoms with Crippen LogP contribution in [0.4, 0.5) is 0 Å². The van der Waals surface area contributed by atoms with E-state index in [-0.39, 0.29) is 24.0 Å². The zero-order valence-electron chi connectivity index (χ0n) is 18.9. The number of halogens is 1. The van der Waals surface area contributed by atoms with Crippen LogP contribution in [0.5, 0.6) is 5.75 Å². The number of benzene rings is 2. The molecule has 1 fully saturated rings. The Balaban J connectivity index is 0.00000363. The van der Waals surface area contributed by atoms with Crippen molar-refractivity contribution in [2.45, 2.75) is 26.1 Å². The van der Waals surface area contributed by atoms with Crippen molar-refractivity contribution in [2.24, 2.45) is 4.99 Å². The van der Waals surface area contributed by atoms with E-state index in [1.165, 1.54) is 11.1 Å². The fourth-order valence-corrected chi connectivity index (χ4v) is 3.53. The van der Waals surface area contributed by atoms with Gasteiger partial charge < -0.3 is 25.2 Å². The summed E-state index contributed by atoms with van der Waals surface area (Å²) in [5, 5.41) is 17.1. The van der Waals surface area contributed by atoms with E-state index in [0.29, 0.717) is 19.0 Å². The summed E-state index contributed by atoms with van der Waals surface area (Å²) in [5.41, 5.74) is 3.30. The van der Waals surface area contributed by atoms with Crippen molar-refractivity contribution >= 4 is 29.9 Å². The van der Waals surface area contributed by atoms with Crippen LogP contribution in [0.1, 0.15) is 29.7 Å². The number of aliphatic hydroxyl groups excluding tert-OH is 1. The molecule has 7 nitrogen and oxygen atoms in total. The van der Waals surface area contributed by atoms with Gasteiger partial charge in [-0.15, -0.1) is 24.0 Å². The summed E-state index contributed by atoms with van der Waals surface area (Å²) >= 11 is 0. The molecule has 1 aliphatic heterocycles. The first kappa shape index (κ1) is 26.4. The van der Waals surface area contributed by atoms with E-state index < -0.39 is 6.10 Å². The molecule has 0 radical (unpaired) electrons. The Bertz CT molecular complexity index is 843. The number of morpholine rings is 1. The summed E-state index contributed by atoms with van der Waals surface area (Å²) < 4.78 is 10.7. The number of aliphatic hydroxyl groups is 1. The van der Waals surface area contributed by atoms with Crippen molar-refractivity contribution in [1.82, 2.24) is 15.5 Å². The SMILES string of the molecule is CCNC(=NCc1ccccc1CN1CCOCC1)NCC(O)c1cccc(OC)c1.I. The summed E-state index contributed by atoms with van der Waals surface area (Å²) in [7, 11) is 1.62. The number of ether oxygens (including phenoxy) is 2. The molecule has 1 atom stereocenters. The van der Waals surface area contributed by atoms with Crippen LogP contribution < -0.4 is 15.4 Å². The van der Waals surface area contributed by atoms with E-state index >= 15 is 0 Å². The molecule has 8 heteroatoms. The van der Waals surface area contributed by atoms with Crippen molar-refractivity contribution in [1.29, 1.82) is 0 Å². The van der Waals surface area contributed by atoms with Gasteiger partial charge >= 0.3 is 0 Å². The Labute approximate surface area is 208 Å². The summed E-state index contributed by atoms with van der Waals surface area (Å²) in [5.74, 6) is 1.42. The highest BCUT2D eigenvalue weighted by molar-refractivity contribution is 14.0. The fourth-order valence-electron chi connectivity index (χ4n) is 3.53. The van der Waals surface area contributed by atoms with E-state index in [1.54, 1.807) is 7.11 Å². The van der Waals surface area contributed by atoms with E-state index in [2.05, 4.69) is 39.8 Å². The van der Waals surface area contributed by atoms with E-state index in [1.807, 2.05) is 31.2 Å². The summed E-state index contributed by atoms with van der Waals surface area (Å²) in [6.45, 7) is 8.13. The number of nitrogens with one attached hydrogen (secondary N) is 2. The Morgan fingerprint density at radius 1 is 1.12 bits per heavy atom. The van der Waals surface area contributed by atoms with Crippen LogP contribution in [0, 0.1) is 0 Å². The van der Waals surface area contributed by atoms with Gasteiger partial charge in [-0.3, -0.25) is 4.90 Å². The van der Waals surface area contributed by atoms with Gasteiger partial charge in [-0.1, -0.05) is 36.4 Å². The minimum Gasteiger partial charge on any atom is -0.497 e. The molecule has 0 amide bonds. The van der Waals surface area contributed by atoms with Gasteiger partial charge in [0.1, 0.15) is 5.75 Å². The first-order valence-electron chi connectivity index (χ1n) is 10.9. The molecule has 0 aliphatic carbocycles. The summed E-state index contributed by atoms with van der Waals surface area (Å²) in [6, 6.07) is 15.9. The topological polar surface area (TPSA) is 78.4 Å². The molecule has 3 rings (SSSR count). The molecule has 1 unspecified atom stereocenters. The predicted molar refractivity (Wildman–Crippen MR) is 139 cm³/mol. The maximum atomic E-state index is 10.6. The zero-order chi connectivity index (χ0) is 21.9. The zero-order valence-corrected chi connectivity index (χ0v) is 21.2. The first-order chi connectivity index (χ1) is 15.2. The fraction of sp³-hybridized carbons (Fsp3) is 0.458. The van der Waals surface area contributed by atoms with Gasteiger partial charge in [0.25, 0.3) is 0 Å². The second kappa shape index (κ2) is 14.3. The monoisotopic (exact) mass is 554 g/mol. The second-order valence-corrected chi connectivity index (χ2v) is 7.53. The maximum Gasteiger partial charge on any atom is 0.191 e.